The summed E-state index contributed by atoms with van der Waals surface area (Å²) in [6, 6.07) is 2.59. The summed E-state index contributed by atoms with van der Waals surface area (Å²) in [6.07, 6.45) is 4.18. The zero-order chi connectivity index (χ0) is 8.93. The van der Waals surface area contributed by atoms with Gasteiger partial charge >= 0.3 is 0 Å². The Kier molecular flexibility index (Phi) is 3.27. The molecular weight excluding hydrogens is 184 g/mol. The van der Waals surface area contributed by atoms with Gasteiger partial charge in [-0.05, 0) is 24.3 Å². The second-order valence-corrected chi connectivity index (χ2v) is 4.48. The number of rotatable bonds is 3. The zero-order valence-corrected chi connectivity index (χ0v) is 8.35. The minimum absolute atomic E-state index is 0.679. The molecule has 1 aliphatic rings. The van der Waals surface area contributed by atoms with Gasteiger partial charge in [-0.25, -0.2) is 0 Å². The summed E-state index contributed by atoms with van der Waals surface area (Å²) in [7, 11) is 0. The number of nitrogens with one attached hydrogen (secondary N) is 1. The number of thioether (sulfide) groups is 1. The van der Waals surface area contributed by atoms with E-state index in [1.807, 2.05) is 17.8 Å². The molecule has 0 aliphatic carbocycles. The van der Waals surface area contributed by atoms with Gasteiger partial charge in [0, 0.05) is 18.7 Å². The van der Waals surface area contributed by atoms with Crippen LogP contribution >= 0.6 is 11.8 Å². The molecule has 1 aliphatic heterocycles. The molecule has 0 saturated carbocycles. The van der Waals surface area contributed by atoms with Crippen molar-refractivity contribution in [2.75, 3.05) is 11.5 Å². The van der Waals surface area contributed by atoms with Crippen LogP contribution in [-0.4, -0.2) is 22.7 Å². The van der Waals surface area contributed by atoms with Gasteiger partial charge in [0.25, 0.3) is 0 Å². The first-order valence-corrected chi connectivity index (χ1v) is 5.81. The van der Waals surface area contributed by atoms with Crippen molar-refractivity contribution in [2.45, 2.75) is 25.4 Å². The minimum Gasteiger partial charge on any atom is -0.364 e. The first-order chi connectivity index (χ1) is 6.45. The largest absolute Gasteiger partial charge is 0.364 e. The van der Waals surface area contributed by atoms with E-state index in [2.05, 4.69) is 10.5 Å². The topological polar surface area (TPSA) is 38.1 Å². The molecule has 0 bridgehead atoms. The van der Waals surface area contributed by atoms with Crippen molar-refractivity contribution in [3.8, 4) is 0 Å². The second-order valence-electron chi connectivity index (χ2n) is 3.26. The molecule has 1 N–H and O–H groups in total. The van der Waals surface area contributed by atoms with Gasteiger partial charge in [0.2, 0.25) is 0 Å². The Morgan fingerprint density at radius 2 is 2.38 bits per heavy atom. The van der Waals surface area contributed by atoms with E-state index in [4.69, 9.17) is 4.52 Å². The summed E-state index contributed by atoms with van der Waals surface area (Å²) >= 11 is 2.05. The molecule has 1 aromatic heterocycles. The molecule has 0 atom stereocenters. The number of hydrogen-bond donors (Lipinski definition) is 1. The molecule has 1 fully saturated rings. The zero-order valence-electron chi connectivity index (χ0n) is 7.53. The Morgan fingerprint density at radius 1 is 1.54 bits per heavy atom. The lowest BCUT2D eigenvalue weighted by atomic mass is 10.1. The highest BCUT2D eigenvalue weighted by atomic mass is 32.2. The average Bonchev–Trinajstić information content (AvgIpc) is 2.69. The Morgan fingerprint density at radius 3 is 3.08 bits per heavy atom. The molecule has 1 saturated heterocycles. The van der Waals surface area contributed by atoms with E-state index in [1.54, 1.807) is 6.26 Å². The van der Waals surface area contributed by atoms with Gasteiger partial charge in [-0.2, -0.15) is 11.8 Å². The van der Waals surface area contributed by atoms with Crippen LogP contribution in [0.1, 0.15) is 18.5 Å². The molecular formula is C9H14N2OS. The summed E-state index contributed by atoms with van der Waals surface area (Å²) in [4.78, 5) is 0. The van der Waals surface area contributed by atoms with Crippen LogP contribution < -0.4 is 5.32 Å². The van der Waals surface area contributed by atoms with Gasteiger partial charge in [-0.1, -0.05) is 5.16 Å². The Balaban J connectivity index is 1.72. The fraction of sp³-hybridized carbons (Fsp3) is 0.667. The average molecular weight is 198 g/mol. The normalized spacial score (nSPS) is 19.1. The predicted molar refractivity (Wildman–Crippen MR) is 53.7 cm³/mol. The van der Waals surface area contributed by atoms with Crippen LogP contribution in [0.25, 0.3) is 0 Å². The maximum atomic E-state index is 4.76. The summed E-state index contributed by atoms with van der Waals surface area (Å²) in [5, 5.41) is 7.35. The van der Waals surface area contributed by atoms with Gasteiger partial charge in [0.15, 0.2) is 0 Å². The summed E-state index contributed by atoms with van der Waals surface area (Å²) < 4.78 is 4.76. The van der Waals surface area contributed by atoms with E-state index in [0.29, 0.717) is 6.04 Å². The first kappa shape index (κ1) is 9.09. The van der Waals surface area contributed by atoms with Gasteiger partial charge < -0.3 is 9.84 Å². The van der Waals surface area contributed by atoms with Crippen molar-refractivity contribution in [3.63, 3.8) is 0 Å². The number of hydrogen-bond acceptors (Lipinski definition) is 4. The van der Waals surface area contributed by atoms with Gasteiger partial charge in [0.1, 0.15) is 6.26 Å². The van der Waals surface area contributed by atoms with Crippen molar-refractivity contribution in [1.29, 1.82) is 0 Å². The standard InChI is InChI=1S/C9H14N2OS/c1-4-12-11-9(1)7-10-8-2-5-13-6-3-8/h1,4,8,10H,2-3,5-7H2. The number of nitrogens with zero attached hydrogens (tertiary/aromatic N) is 1. The third-order valence-corrected chi connectivity index (χ3v) is 3.33. The molecule has 0 unspecified atom stereocenters. The fourth-order valence-electron chi connectivity index (χ4n) is 1.48. The molecule has 4 heteroatoms. The summed E-state index contributed by atoms with van der Waals surface area (Å²) in [5.74, 6) is 2.58. The van der Waals surface area contributed by atoms with E-state index >= 15 is 0 Å². The van der Waals surface area contributed by atoms with E-state index in [-0.39, 0.29) is 0 Å². The van der Waals surface area contributed by atoms with Crippen LogP contribution in [0.15, 0.2) is 16.9 Å². The molecule has 0 aromatic carbocycles. The monoisotopic (exact) mass is 198 g/mol. The lowest BCUT2D eigenvalue weighted by Gasteiger charge is -2.21. The van der Waals surface area contributed by atoms with Crippen LogP contribution in [0, 0.1) is 0 Å². The molecule has 3 nitrogen and oxygen atoms in total. The summed E-state index contributed by atoms with van der Waals surface area (Å²) in [6.45, 7) is 0.839. The summed E-state index contributed by atoms with van der Waals surface area (Å²) in [5.41, 5.74) is 0.998. The van der Waals surface area contributed by atoms with E-state index in [9.17, 15) is 0 Å². The quantitative estimate of drug-likeness (QED) is 0.801. The molecule has 0 spiro atoms. The molecule has 2 heterocycles. The molecule has 1 aromatic rings. The van der Waals surface area contributed by atoms with Crippen molar-refractivity contribution in [1.82, 2.24) is 10.5 Å². The third kappa shape index (κ3) is 2.74. The van der Waals surface area contributed by atoms with E-state index in [1.165, 1.54) is 24.3 Å². The van der Waals surface area contributed by atoms with Crippen molar-refractivity contribution >= 4 is 11.8 Å². The highest BCUT2D eigenvalue weighted by Crippen LogP contribution is 2.17. The van der Waals surface area contributed by atoms with Crippen LogP contribution in [-0.2, 0) is 6.54 Å². The van der Waals surface area contributed by atoms with Gasteiger partial charge in [-0.3, -0.25) is 0 Å². The minimum atomic E-state index is 0.679. The fourth-order valence-corrected chi connectivity index (χ4v) is 2.59. The van der Waals surface area contributed by atoms with Gasteiger partial charge in [-0.15, -0.1) is 0 Å². The van der Waals surface area contributed by atoms with Crippen LogP contribution in [0.5, 0.6) is 0 Å². The lowest BCUT2D eigenvalue weighted by molar-refractivity contribution is 0.401. The first-order valence-electron chi connectivity index (χ1n) is 4.65. The van der Waals surface area contributed by atoms with Crippen LogP contribution in [0.3, 0.4) is 0 Å². The maximum absolute atomic E-state index is 4.76. The van der Waals surface area contributed by atoms with Crippen molar-refractivity contribution in [3.05, 3.63) is 18.0 Å². The van der Waals surface area contributed by atoms with Gasteiger partial charge in [0.05, 0.1) is 5.69 Å². The van der Waals surface area contributed by atoms with Crippen LogP contribution in [0.2, 0.25) is 0 Å². The maximum Gasteiger partial charge on any atom is 0.124 e. The van der Waals surface area contributed by atoms with Crippen molar-refractivity contribution < 1.29 is 4.52 Å². The smallest absolute Gasteiger partial charge is 0.124 e. The Bertz CT molecular complexity index is 232. The molecule has 72 valence electrons. The predicted octanol–water partition coefficient (Wildman–Crippen LogP) is 1.66. The molecule has 0 amide bonds. The molecule has 0 radical (unpaired) electrons. The second kappa shape index (κ2) is 4.67. The lowest BCUT2D eigenvalue weighted by Crippen LogP contribution is -2.32. The number of aromatic nitrogens is 1. The third-order valence-electron chi connectivity index (χ3n) is 2.28. The Hall–Kier alpha value is -0.480. The molecule has 13 heavy (non-hydrogen) atoms. The van der Waals surface area contributed by atoms with Crippen LogP contribution in [0.4, 0.5) is 0 Å². The van der Waals surface area contributed by atoms with Crippen molar-refractivity contribution in [2.24, 2.45) is 0 Å². The SMILES string of the molecule is c1cc(CNC2CCSCC2)no1. The highest BCUT2D eigenvalue weighted by Gasteiger charge is 2.12. The molecule has 2 rings (SSSR count). The van der Waals surface area contributed by atoms with E-state index in [0.717, 1.165) is 12.2 Å². The van der Waals surface area contributed by atoms with E-state index < -0.39 is 0 Å². The Labute approximate surface area is 82.3 Å². The highest BCUT2D eigenvalue weighted by molar-refractivity contribution is 7.99.